The maximum atomic E-state index is 6.27. The monoisotopic (exact) mass is 368 g/mol. The first-order valence-electron chi connectivity index (χ1n) is 8.02. The van der Waals surface area contributed by atoms with Crippen LogP contribution in [-0.4, -0.2) is 15.3 Å². The maximum Gasteiger partial charge on any atom is 0.180 e. The largest absolute Gasteiger partial charge is 0.315 e. The average molecular weight is 369 g/mol. The van der Waals surface area contributed by atoms with E-state index in [-0.39, 0.29) is 6.04 Å². The van der Waals surface area contributed by atoms with Crippen molar-refractivity contribution in [2.75, 3.05) is 10.2 Å². The van der Waals surface area contributed by atoms with Gasteiger partial charge < -0.3 is 10.2 Å². The van der Waals surface area contributed by atoms with Crippen LogP contribution in [0, 0.1) is 13.8 Å². The molecule has 0 bridgehead atoms. The van der Waals surface area contributed by atoms with E-state index in [0.29, 0.717) is 10.1 Å². The number of benzene rings is 2. The van der Waals surface area contributed by atoms with Gasteiger partial charge in [0.25, 0.3) is 0 Å². The van der Waals surface area contributed by atoms with E-state index in [9.17, 15) is 0 Å². The number of hydrogen-bond acceptors (Lipinski definition) is 2. The molecule has 1 aliphatic heterocycles. The number of aryl methyl sites for hydroxylation is 2. The van der Waals surface area contributed by atoms with Gasteiger partial charge in [0.05, 0.1) is 6.04 Å². The quantitative estimate of drug-likeness (QED) is 0.626. The second kappa shape index (κ2) is 6.17. The predicted octanol–water partition coefficient (Wildman–Crippen LogP) is 4.99. The summed E-state index contributed by atoms with van der Waals surface area (Å²) >= 11 is 11.9. The lowest BCUT2D eigenvalue weighted by atomic mass is 9.95. The Morgan fingerprint density at radius 2 is 1.88 bits per heavy atom. The highest BCUT2D eigenvalue weighted by Crippen LogP contribution is 2.41. The first kappa shape index (κ1) is 16.1. The Labute approximate surface area is 156 Å². The second-order valence-electron chi connectivity index (χ2n) is 6.20. The number of rotatable bonds is 2. The summed E-state index contributed by atoms with van der Waals surface area (Å²) in [5.41, 5.74) is 5.39. The molecule has 2 aromatic carbocycles. The summed E-state index contributed by atoms with van der Waals surface area (Å²) in [6.07, 6.45) is 0. The molecule has 1 aromatic heterocycles. The highest BCUT2D eigenvalue weighted by atomic mass is 35.5. The summed E-state index contributed by atoms with van der Waals surface area (Å²) in [5, 5.41) is 12.0. The molecular formula is C19H17ClN4S. The van der Waals surface area contributed by atoms with Gasteiger partial charge in [0, 0.05) is 22.0 Å². The van der Waals surface area contributed by atoms with Gasteiger partial charge in [0.1, 0.15) is 0 Å². The summed E-state index contributed by atoms with van der Waals surface area (Å²) in [7, 11) is 0. The van der Waals surface area contributed by atoms with Gasteiger partial charge in [-0.25, -0.2) is 0 Å². The summed E-state index contributed by atoms with van der Waals surface area (Å²) in [6, 6.07) is 16.1. The third-order valence-electron chi connectivity index (χ3n) is 4.45. The van der Waals surface area contributed by atoms with Crippen LogP contribution in [0.15, 0.2) is 48.5 Å². The highest BCUT2D eigenvalue weighted by Gasteiger charge is 2.35. The van der Waals surface area contributed by atoms with E-state index in [0.717, 1.165) is 28.3 Å². The molecule has 0 amide bonds. The Morgan fingerprint density at radius 1 is 1.12 bits per heavy atom. The molecule has 4 rings (SSSR count). The van der Waals surface area contributed by atoms with Crippen LogP contribution in [0.25, 0.3) is 0 Å². The number of aromatic amines is 1. The number of nitrogens with one attached hydrogen (secondary N) is 2. The molecule has 1 aliphatic rings. The Bertz CT molecular complexity index is 948. The Morgan fingerprint density at radius 3 is 2.60 bits per heavy atom. The summed E-state index contributed by atoms with van der Waals surface area (Å²) < 4.78 is 0. The van der Waals surface area contributed by atoms with Gasteiger partial charge in [0.15, 0.2) is 10.9 Å². The van der Waals surface area contributed by atoms with Crippen molar-refractivity contribution in [3.05, 3.63) is 75.9 Å². The Balaban J connectivity index is 1.93. The van der Waals surface area contributed by atoms with Crippen LogP contribution in [-0.2, 0) is 0 Å². The standard InChI is InChI=1S/C19H17ClN4S/c1-11-6-8-15(9-7-11)24-17(13-4-3-5-14(20)10-13)16-12(2)22-23-18(16)21-19(24)25/h3-10,17H,1-2H3,(H2,21,22,23,25). The number of hydrogen-bond donors (Lipinski definition) is 2. The molecule has 25 heavy (non-hydrogen) atoms. The molecule has 3 aromatic rings. The van der Waals surface area contributed by atoms with E-state index in [1.807, 2.05) is 25.1 Å². The fraction of sp³-hybridized carbons (Fsp3) is 0.158. The number of nitrogens with zero attached hydrogens (tertiary/aromatic N) is 2. The molecule has 6 heteroatoms. The summed E-state index contributed by atoms with van der Waals surface area (Å²) in [4.78, 5) is 2.12. The molecule has 0 saturated heterocycles. The lowest BCUT2D eigenvalue weighted by Crippen LogP contribution is -2.42. The number of halogens is 1. The van der Waals surface area contributed by atoms with Crippen LogP contribution in [0.2, 0.25) is 5.02 Å². The number of thiocarbonyl (C=S) groups is 1. The molecule has 4 nitrogen and oxygen atoms in total. The van der Waals surface area contributed by atoms with E-state index < -0.39 is 0 Å². The van der Waals surface area contributed by atoms with Gasteiger partial charge >= 0.3 is 0 Å². The van der Waals surface area contributed by atoms with Crippen molar-refractivity contribution in [2.24, 2.45) is 0 Å². The van der Waals surface area contributed by atoms with Crippen molar-refractivity contribution in [1.29, 1.82) is 0 Å². The van der Waals surface area contributed by atoms with Crippen molar-refractivity contribution < 1.29 is 0 Å². The average Bonchev–Trinajstić information content (AvgIpc) is 2.95. The third-order valence-corrected chi connectivity index (χ3v) is 4.98. The lowest BCUT2D eigenvalue weighted by molar-refractivity contribution is 0.826. The Kier molecular flexibility index (Phi) is 3.98. The SMILES string of the molecule is Cc1ccc(N2C(=S)Nc3n[nH]c(C)c3C2c2cccc(Cl)c2)cc1. The van der Waals surface area contributed by atoms with E-state index in [4.69, 9.17) is 23.8 Å². The molecule has 0 radical (unpaired) electrons. The van der Waals surface area contributed by atoms with Crippen LogP contribution < -0.4 is 10.2 Å². The minimum Gasteiger partial charge on any atom is -0.315 e. The van der Waals surface area contributed by atoms with Crippen molar-refractivity contribution in [3.63, 3.8) is 0 Å². The molecule has 0 saturated carbocycles. The summed E-state index contributed by atoms with van der Waals surface area (Å²) in [5.74, 6) is 0.774. The van der Waals surface area contributed by atoms with Gasteiger partial charge in [-0.3, -0.25) is 5.10 Å². The van der Waals surface area contributed by atoms with E-state index >= 15 is 0 Å². The van der Waals surface area contributed by atoms with Crippen LogP contribution in [0.4, 0.5) is 11.5 Å². The number of anilines is 2. The van der Waals surface area contributed by atoms with Crippen LogP contribution in [0.1, 0.15) is 28.4 Å². The van der Waals surface area contributed by atoms with Crippen LogP contribution >= 0.6 is 23.8 Å². The molecule has 1 atom stereocenters. The molecule has 2 heterocycles. The smallest absolute Gasteiger partial charge is 0.180 e. The van der Waals surface area contributed by atoms with E-state index in [2.05, 4.69) is 57.7 Å². The van der Waals surface area contributed by atoms with Crippen molar-refractivity contribution in [3.8, 4) is 0 Å². The lowest BCUT2D eigenvalue weighted by Gasteiger charge is -2.38. The second-order valence-corrected chi connectivity index (χ2v) is 7.03. The van der Waals surface area contributed by atoms with E-state index in [1.54, 1.807) is 0 Å². The zero-order valence-electron chi connectivity index (χ0n) is 13.9. The third kappa shape index (κ3) is 2.79. The molecular weight excluding hydrogens is 352 g/mol. The first-order valence-corrected chi connectivity index (χ1v) is 8.80. The molecule has 0 spiro atoms. The van der Waals surface area contributed by atoms with Crippen molar-refractivity contribution in [2.45, 2.75) is 19.9 Å². The number of fused-ring (bicyclic) bond motifs is 1. The predicted molar refractivity (Wildman–Crippen MR) is 106 cm³/mol. The first-order chi connectivity index (χ1) is 12.0. The zero-order chi connectivity index (χ0) is 17.6. The fourth-order valence-electron chi connectivity index (χ4n) is 3.24. The van der Waals surface area contributed by atoms with Crippen LogP contribution in [0.3, 0.4) is 0 Å². The zero-order valence-corrected chi connectivity index (χ0v) is 15.4. The van der Waals surface area contributed by atoms with Gasteiger partial charge in [-0.15, -0.1) is 0 Å². The van der Waals surface area contributed by atoms with Gasteiger partial charge in [-0.1, -0.05) is 41.4 Å². The highest BCUT2D eigenvalue weighted by molar-refractivity contribution is 7.80. The molecule has 0 aliphatic carbocycles. The fourth-order valence-corrected chi connectivity index (χ4v) is 3.75. The minimum absolute atomic E-state index is 0.0936. The van der Waals surface area contributed by atoms with Gasteiger partial charge in [-0.2, -0.15) is 5.10 Å². The van der Waals surface area contributed by atoms with Crippen molar-refractivity contribution >= 4 is 40.4 Å². The molecule has 0 fully saturated rings. The molecule has 126 valence electrons. The van der Waals surface area contributed by atoms with E-state index in [1.165, 1.54) is 5.56 Å². The maximum absolute atomic E-state index is 6.27. The number of aromatic nitrogens is 2. The normalized spacial score (nSPS) is 16.5. The molecule has 1 unspecified atom stereocenters. The topological polar surface area (TPSA) is 44.0 Å². The summed E-state index contributed by atoms with van der Waals surface area (Å²) in [6.45, 7) is 4.09. The van der Waals surface area contributed by atoms with Crippen molar-refractivity contribution in [1.82, 2.24) is 10.2 Å². The molecule has 2 N–H and O–H groups in total. The Hall–Kier alpha value is -2.37. The van der Waals surface area contributed by atoms with Crippen LogP contribution in [0.5, 0.6) is 0 Å². The minimum atomic E-state index is -0.0936. The number of H-pyrrole nitrogens is 1. The van der Waals surface area contributed by atoms with Gasteiger partial charge in [-0.05, 0) is 55.9 Å². The van der Waals surface area contributed by atoms with Gasteiger partial charge in [0.2, 0.25) is 0 Å².